The van der Waals surface area contributed by atoms with Crippen LogP contribution in [0.3, 0.4) is 0 Å². The number of piperazine rings is 1. The first kappa shape index (κ1) is 18.0. The van der Waals surface area contributed by atoms with Crippen LogP contribution in [0.1, 0.15) is 31.1 Å². The van der Waals surface area contributed by atoms with E-state index in [0.717, 1.165) is 11.3 Å². The van der Waals surface area contributed by atoms with E-state index in [1.165, 1.54) is 0 Å². The van der Waals surface area contributed by atoms with Crippen molar-refractivity contribution in [2.24, 2.45) is 0 Å². The molecule has 1 aliphatic heterocycles. The van der Waals surface area contributed by atoms with E-state index in [9.17, 15) is 9.59 Å². The Hall–Kier alpha value is -2.83. The number of aromatic nitrogens is 2. The van der Waals surface area contributed by atoms with Gasteiger partial charge in [-0.25, -0.2) is 9.78 Å². The minimum atomic E-state index is -0.517. The van der Waals surface area contributed by atoms with Crippen molar-refractivity contribution < 1.29 is 14.3 Å². The van der Waals surface area contributed by atoms with E-state index in [4.69, 9.17) is 4.74 Å². The number of amides is 2. The maximum absolute atomic E-state index is 12.8. The molecule has 1 N–H and O–H groups in total. The molecule has 7 nitrogen and oxygen atoms in total. The molecule has 1 saturated heterocycles. The van der Waals surface area contributed by atoms with Crippen molar-refractivity contribution in [1.82, 2.24) is 19.8 Å². The number of H-pyrrole nitrogens is 1. The van der Waals surface area contributed by atoms with Gasteiger partial charge in [-0.15, -0.1) is 0 Å². The quantitative estimate of drug-likeness (QED) is 0.897. The first-order valence-corrected chi connectivity index (χ1v) is 8.69. The molecule has 0 unspecified atom stereocenters. The molecule has 3 rings (SSSR count). The van der Waals surface area contributed by atoms with Crippen molar-refractivity contribution in [1.29, 1.82) is 0 Å². The topological polar surface area (TPSA) is 78.5 Å². The Bertz CT molecular complexity index is 772. The summed E-state index contributed by atoms with van der Waals surface area (Å²) in [6.45, 7) is 7.46. The first-order valence-electron chi connectivity index (χ1n) is 8.69. The second-order valence-corrected chi connectivity index (χ2v) is 7.31. The zero-order chi connectivity index (χ0) is 18.7. The second-order valence-electron chi connectivity index (χ2n) is 7.31. The highest BCUT2D eigenvalue weighted by Gasteiger charge is 2.28. The molecule has 0 radical (unpaired) electrons. The number of nitrogens with one attached hydrogen (secondary N) is 1. The van der Waals surface area contributed by atoms with E-state index in [0.29, 0.717) is 31.7 Å². The predicted molar refractivity (Wildman–Crippen MR) is 97.7 cm³/mol. The smallest absolute Gasteiger partial charge is 0.410 e. The number of aromatic amines is 1. The molecule has 0 bridgehead atoms. The molecule has 0 saturated carbocycles. The summed E-state index contributed by atoms with van der Waals surface area (Å²) < 4.78 is 5.39. The van der Waals surface area contributed by atoms with Gasteiger partial charge in [0.15, 0.2) is 0 Å². The number of carbonyl (C=O) groups is 2. The molecule has 1 fully saturated rings. The Balaban J connectivity index is 1.62. The molecule has 26 heavy (non-hydrogen) atoms. The zero-order valence-corrected chi connectivity index (χ0v) is 15.4. The van der Waals surface area contributed by atoms with Gasteiger partial charge in [0.25, 0.3) is 5.91 Å². The molecule has 138 valence electrons. The number of benzene rings is 1. The molecule has 7 heteroatoms. The standard InChI is InChI=1S/C19H24N4O3/c1-19(2,3)26-18(25)23-9-7-22(8-10-23)17(24)15-6-4-5-14(11-15)16-12-20-13-21-16/h4-6,11-13H,7-10H2,1-3H3,(H,20,21). The number of nitrogens with zero attached hydrogens (tertiary/aromatic N) is 3. The van der Waals surface area contributed by atoms with Crippen LogP contribution >= 0.6 is 0 Å². The largest absolute Gasteiger partial charge is 0.444 e. The number of ether oxygens (including phenoxy) is 1. The summed E-state index contributed by atoms with van der Waals surface area (Å²) in [6.07, 6.45) is 3.01. The molecule has 2 aromatic rings. The van der Waals surface area contributed by atoms with Gasteiger partial charge in [0.05, 0.1) is 18.2 Å². The van der Waals surface area contributed by atoms with Crippen molar-refractivity contribution in [3.05, 3.63) is 42.4 Å². The molecule has 1 aromatic carbocycles. The Labute approximate surface area is 153 Å². The van der Waals surface area contributed by atoms with E-state index < -0.39 is 5.60 Å². The average molecular weight is 356 g/mol. The normalized spacial score (nSPS) is 15.0. The third-order valence-electron chi connectivity index (χ3n) is 4.14. The summed E-state index contributed by atoms with van der Waals surface area (Å²) in [5.74, 6) is -0.0322. The molecular weight excluding hydrogens is 332 g/mol. The summed E-state index contributed by atoms with van der Waals surface area (Å²) in [6, 6.07) is 7.46. The second kappa shape index (κ2) is 7.19. The number of rotatable bonds is 2. The lowest BCUT2D eigenvalue weighted by Gasteiger charge is -2.35. The lowest BCUT2D eigenvalue weighted by atomic mass is 10.1. The summed E-state index contributed by atoms with van der Waals surface area (Å²) in [4.78, 5) is 35.4. The van der Waals surface area contributed by atoms with Crippen LogP contribution < -0.4 is 0 Å². The van der Waals surface area contributed by atoms with E-state index in [1.807, 2.05) is 45.0 Å². The van der Waals surface area contributed by atoms with Gasteiger partial charge in [-0.2, -0.15) is 0 Å². The van der Waals surface area contributed by atoms with Crippen molar-refractivity contribution in [2.75, 3.05) is 26.2 Å². The highest BCUT2D eigenvalue weighted by Crippen LogP contribution is 2.19. The fraction of sp³-hybridized carbons (Fsp3) is 0.421. The lowest BCUT2D eigenvalue weighted by molar-refractivity contribution is 0.0141. The fourth-order valence-corrected chi connectivity index (χ4v) is 2.83. The maximum atomic E-state index is 12.8. The van der Waals surface area contributed by atoms with Crippen molar-refractivity contribution in [3.63, 3.8) is 0 Å². The molecule has 2 heterocycles. The number of hydrogen-bond acceptors (Lipinski definition) is 4. The predicted octanol–water partition coefficient (Wildman–Crippen LogP) is 2.77. The van der Waals surface area contributed by atoms with Crippen molar-refractivity contribution >= 4 is 12.0 Å². The van der Waals surface area contributed by atoms with Crippen LogP contribution in [0.25, 0.3) is 11.3 Å². The Morgan fingerprint density at radius 1 is 1.12 bits per heavy atom. The number of hydrogen-bond donors (Lipinski definition) is 1. The van der Waals surface area contributed by atoms with Gasteiger partial charge in [0.2, 0.25) is 0 Å². The molecule has 0 atom stereocenters. The SMILES string of the molecule is CC(C)(C)OC(=O)N1CCN(C(=O)c2cccc(-c3cnc[nH]3)c2)CC1. The van der Waals surface area contributed by atoms with Crippen LogP contribution in [0.4, 0.5) is 4.79 Å². The van der Waals surface area contributed by atoms with Gasteiger partial charge in [-0.1, -0.05) is 12.1 Å². The Kier molecular flexibility index (Phi) is 4.97. The number of imidazole rings is 1. The van der Waals surface area contributed by atoms with Crippen LogP contribution in [0.2, 0.25) is 0 Å². The summed E-state index contributed by atoms with van der Waals surface area (Å²) in [5.41, 5.74) is 1.90. The Morgan fingerprint density at radius 3 is 2.42 bits per heavy atom. The third-order valence-corrected chi connectivity index (χ3v) is 4.14. The minimum Gasteiger partial charge on any atom is -0.444 e. The molecule has 1 aromatic heterocycles. The van der Waals surface area contributed by atoms with Gasteiger partial charge >= 0.3 is 6.09 Å². The van der Waals surface area contributed by atoms with Gasteiger partial charge in [0, 0.05) is 37.3 Å². The molecular formula is C19H24N4O3. The van der Waals surface area contributed by atoms with Crippen molar-refractivity contribution in [2.45, 2.75) is 26.4 Å². The maximum Gasteiger partial charge on any atom is 0.410 e. The van der Waals surface area contributed by atoms with E-state index in [-0.39, 0.29) is 12.0 Å². The first-order chi connectivity index (χ1) is 12.3. The van der Waals surface area contributed by atoms with Crippen LogP contribution in [0.5, 0.6) is 0 Å². The third kappa shape index (κ3) is 4.22. The highest BCUT2D eigenvalue weighted by atomic mass is 16.6. The highest BCUT2D eigenvalue weighted by molar-refractivity contribution is 5.95. The van der Waals surface area contributed by atoms with Gasteiger partial charge in [-0.3, -0.25) is 4.79 Å². The lowest BCUT2D eigenvalue weighted by Crippen LogP contribution is -2.51. The zero-order valence-electron chi connectivity index (χ0n) is 15.4. The number of carbonyl (C=O) groups excluding carboxylic acids is 2. The monoisotopic (exact) mass is 356 g/mol. The molecule has 0 aliphatic carbocycles. The van der Waals surface area contributed by atoms with Crippen LogP contribution in [-0.4, -0.2) is 63.5 Å². The van der Waals surface area contributed by atoms with Crippen molar-refractivity contribution in [3.8, 4) is 11.3 Å². The average Bonchev–Trinajstić information content (AvgIpc) is 3.14. The summed E-state index contributed by atoms with van der Waals surface area (Å²) in [7, 11) is 0. The summed E-state index contributed by atoms with van der Waals surface area (Å²) in [5, 5.41) is 0. The van der Waals surface area contributed by atoms with E-state index in [1.54, 1.807) is 22.3 Å². The van der Waals surface area contributed by atoms with Crippen LogP contribution in [-0.2, 0) is 4.74 Å². The Morgan fingerprint density at radius 2 is 1.81 bits per heavy atom. The minimum absolute atomic E-state index is 0.0322. The van der Waals surface area contributed by atoms with Gasteiger partial charge in [0.1, 0.15) is 5.60 Å². The molecule has 2 amide bonds. The van der Waals surface area contributed by atoms with Crippen LogP contribution in [0.15, 0.2) is 36.8 Å². The van der Waals surface area contributed by atoms with Crippen LogP contribution in [0, 0.1) is 0 Å². The molecule has 0 spiro atoms. The van der Waals surface area contributed by atoms with E-state index in [2.05, 4.69) is 9.97 Å². The summed E-state index contributed by atoms with van der Waals surface area (Å²) >= 11 is 0. The molecule has 1 aliphatic rings. The fourth-order valence-electron chi connectivity index (χ4n) is 2.83. The van der Waals surface area contributed by atoms with Gasteiger partial charge in [-0.05, 0) is 32.9 Å². The van der Waals surface area contributed by atoms with Gasteiger partial charge < -0.3 is 19.5 Å². The van der Waals surface area contributed by atoms with E-state index >= 15 is 0 Å².